The summed E-state index contributed by atoms with van der Waals surface area (Å²) >= 11 is 5.98. The molecule has 1 rings (SSSR count). The Kier molecular flexibility index (Phi) is 6.55. The zero-order chi connectivity index (χ0) is 17.8. The van der Waals surface area contributed by atoms with Crippen LogP contribution in [0, 0.1) is 0 Å². The molecule has 128 valence electrons. The van der Waals surface area contributed by atoms with Gasteiger partial charge in [0.2, 0.25) is 15.9 Å². The molecule has 9 heteroatoms. The molecule has 0 spiro atoms. The third-order valence-corrected chi connectivity index (χ3v) is 4.70. The zero-order valence-electron chi connectivity index (χ0n) is 13.3. The van der Waals surface area contributed by atoms with Crippen molar-refractivity contribution >= 4 is 39.2 Å². The van der Waals surface area contributed by atoms with Crippen LogP contribution < -0.4 is 5.32 Å². The average molecular weight is 363 g/mol. The second-order valence-electron chi connectivity index (χ2n) is 5.14. The molecule has 1 N–H and O–H groups in total. The molecule has 0 aliphatic rings. The number of methoxy groups -OCH3 is 1. The van der Waals surface area contributed by atoms with Crippen LogP contribution >= 0.6 is 11.6 Å². The number of nitrogens with one attached hydrogen (secondary N) is 1. The van der Waals surface area contributed by atoms with Crippen LogP contribution in [0.1, 0.15) is 24.2 Å². The van der Waals surface area contributed by atoms with Crippen LogP contribution in [0.25, 0.3) is 0 Å². The summed E-state index contributed by atoms with van der Waals surface area (Å²) in [5.41, 5.74) is 0.424. The predicted molar refractivity (Wildman–Crippen MR) is 88.1 cm³/mol. The van der Waals surface area contributed by atoms with E-state index in [4.69, 9.17) is 11.6 Å². The van der Waals surface area contributed by atoms with Crippen LogP contribution in [0.15, 0.2) is 18.2 Å². The van der Waals surface area contributed by atoms with Crippen LogP contribution in [-0.2, 0) is 19.6 Å². The summed E-state index contributed by atoms with van der Waals surface area (Å²) in [6.07, 6.45) is 1.03. The van der Waals surface area contributed by atoms with E-state index in [1.54, 1.807) is 13.8 Å². The van der Waals surface area contributed by atoms with Gasteiger partial charge in [0.15, 0.2) is 0 Å². The number of ether oxygens (including phenoxy) is 1. The van der Waals surface area contributed by atoms with Gasteiger partial charge in [0.1, 0.15) is 0 Å². The lowest BCUT2D eigenvalue weighted by Gasteiger charge is -2.23. The third-order valence-electron chi connectivity index (χ3n) is 2.96. The van der Waals surface area contributed by atoms with Crippen molar-refractivity contribution in [3.63, 3.8) is 0 Å². The van der Waals surface area contributed by atoms with Gasteiger partial charge in [-0.1, -0.05) is 11.6 Å². The van der Waals surface area contributed by atoms with Gasteiger partial charge in [-0.15, -0.1) is 0 Å². The first-order valence-corrected chi connectivity index (χ1v) is 8.93. The highest BCUT2D eigenvalue weighted by Gasteiger charge is 2.23. The van der Waals surface area contributed by atoms with Crippen LogP contribution in [0.3, 0.4) is 0 Å². The number of benzene rings is 1. The summed E-state index contributed by atoms with van der Waals surface area (Å²) < 4.78 is 29.0. The molecule has 0 radical (unpaired) electrons. The lowest BCUT2D eigenvalue weighted by atomic mass is 10.2. The first-order valence-electron chi connectivity index (χ1n) is 6.70. The van der Waals surface area contributed by atoms with Crippen molar-refractivity contribution in [2.24, 2.45) is 0 Å². The quantitative estimate of drug-likeness (QED) is 0.778. The van der Waals surface area contributed by atoms with Crippen molar-refractivity contribution < 1.29 is 22.7 Å². The Balaban J connectivity index is 2.95. The Morgan fingerprint density at radius 2 is 1.96 bits per heavy atom. The maximum Gasteiger partial charge on any atom is 0.337 e. The molecule has 23 heavy (non-hydrogen) atoms. The van der Waals surface area contributed by atoms with E-state index in [2.05, 4.69) is 10.1 Å². The highest BCUT2D eigenvalue weighted by Crippen LogP contribution is 2.23. The standard InChI is InChI=1S/C14H19ClN2O5S/c1-9(2)17(23(4,20)21)8-13(18)16-12-7-10(14(19)22-3)5-6-11(12)15/h5-7,9H,8H2,1-4H3,(H,16,18). The number of sulfonamides is 1. The minimum Gasteiger partial charge on any atom is -0.465 e. The maximum atomic E-state index is 12.1. The first-order chi connectivity index (χ1) is 10.6. The Morgan fingerprint density at radius 3 is 2.43 bits per heavy atom. The summed E-state index contributed by atoms with van der Waals surface area (Å²) in [5.74, 6) is -1.13. The molecule has 0 aliphatic heterocycles. The number of carbonyl (C=O) groups excluding carboxylic acids is 2. The van der Waals surface area contributed by atoms with Gasteiger partial charge >= 0.3 is 5.97 Å². The molecule has 1 aromatic carbocycles. The molecule has 0 aliphatic carbocycles. The van der Waals surface area contributed by atoms with Gasteiger partial charge in [-0.2, -0.15) is 4.31 Å². The normalized spacial score (nSPS) is 11.6. The van der Waals surface area contributed by atoms with Gasteiger partial charge < -0.3 is 10.1 Å². The second-order valence-corrected chi connectivity index (χ2v) is 7.48. The smallest absolute Gasteiger partial charge is 0.337 e. The number of hydrogen-bond donors (Lipinski definition) is 1. The van der Waals surface area contributed by atoms with E-state index in [-0.39, 0.29) is 28.9 Å². The summed E-state index contributed by atoms with van der Waals surface area (Å²) in [5, 5.41) is 2.73. The fraction of sp³-hybridized carbons (Fsp3) is 0.429. The van der Waals surface area contributed by atoms with Crippen molar-refractivity contribution in [2.75, 3.05) is 25.2 Å². The number of hydrogen-bond acceptors (Lipinski definition) is 5. The number of halogens is 1. The van der Waals surface area contributed by atoms with E-state index in [9.17, 15) is 18.0 Å². The predicted octanol–water partition coefficient (Wildman–Crippen LogP) is 1.74. The summed E-state index contributed by atoms with van der Waals surface area (Å²) in [6, 6.07) is 3.90. The SMILES string of the molecule is COC(=O)c1ccc(Cl)c(NC(=O)CN(C(C)C)S(C)(=O)=O)c1. The summed E-state index contributed by atoms with van der Waals surface area (Å²) in [4.78, 5) is 23.6. The second kappa shape index (κ2) is 7.76. The first kappa shape index (κ1) is 19.4. The van der Waals surface area contributed by atoms with Crippen molar-refractivity contribution in [3.05, 3.63) is 28.8 Å². The zero-order valence-corrected chi connectivity index (χ0v) is 14.9. The van der Waals surface area contributed by atoms with Gasteiger partial charge in [-0.25, -0.2) is 13.2 Å². The van der Waals surface area contributed by atoms with Gasteiger partial charge in [0, 0.05) is 6.04 Å². The molecule has 1 amide bonds. The molecule has 0 fully saturated rings. The van der Waals surface area contributed by atoms with Crippen molar-refractivity contribution in [1.29, 1.82) is 0 Å². The van der Waals surface area contributed by atoms with Crippen molar-refractivity contribution in [1.82, 2.24) is 4.31 Å². The van der Waals surface area contributed by atoms with Gasteiger partial charge in [-0.05, 0) is 32.0 Å². The number of amides is 1. The van der Waals surface area contributed by atoms with Gasteiger partial charge in [0.25, 0.3) is 0 Å². The minimum absolute atomic E-state index is 0.205. The number of nitrogens with zero attached hydrogens (tertiary/aromatic N) is 1. The van der Waals surface area contributed by atoms with Crippen molar-refractivity contribution in [2.45, 2.75) is 19.9 Å². The molecule has 0 saturated heterocycles. The van der Waals surface area contributed by atoms with E-state index in [1.165, 1.54) is 25.3 Å². The molecular weight excluding hydrogens is 344 g/mol. The monoisotopic (exact) mass is 362 g/mol. The number of rotatable bonds is 6. The van der Waals surface area contributed by atoms with E-state index in [0.29, 0.717) is 0 Å². The molecule has 0 heterocycles. The van der Waals surface area contributed by atoms with Crippen LogP contribution in [0.4, 0.5) is 5.69 Å². The van der Waals surface area contributed by atoms with E-state index >= 15 is 0 Å². The molecular formula is C14H19ClN2O5S. The van der Waals surface area contributed by atoms with E-state index in [0.717, 1.165) is 10.6 Å². The van der Waals surface area contributed by atoms with E-state index < -0.39 is 21.9 Å². The molecule has 0 atom stereocenters. The molecule has 0 saturated carbocycles. The largest absolute Gasteiger partial charge is 0.465 e. The topological polar surface area (TPSA) is 92.8 Å². The summed E-state index contributed by atoms with van der Waals surface area (Å²) in [6.45, 7) is 2.98. The average Bonchev–Trinajstić information content (AvgIpc) is 2.44. The highest BCUT2D eigenvalue weighted by molar-refractivity contribution is 7.88. The molecule has 0 aromatic heterocycles. The lowest BCUT2D eigenvalue weighted by molar-refractivity contribution is -0.116. The molecule has 1 aromatic rings. The van der Waals surface area contributed by atoms with Crippen LogP contribution in [0.2, 0.25) is 5.02 Å². The molecule has 0 unspecified atom stereocenters. The summed E-state index contributed by atoms with van der Waals surface area (Å²) in [7, 11) is -2.28. The van der Waals surface area contributed by atoms with Crippen LogP contribution in [0.5, 0.6) is 0 Å². The Hall–Kier alpha value is -1.64. The number of esters is 1. The van der Waals surface area contributed by atoms with Gasteiger partial charge in [-0.3, -0.25) is 4.79 Å². The maximum absolute atomic E-state index is 12.1. The highest BCUT2D eigenvalue weighted by atomic mass is 35.5. The lowest BCUT2D eigenvalue weighted by Crippen LogP contribution is -2.41. The number of carbonyl (C=O) groups is 2. The Labute approximate surface area is 140 Å². The van der Waals surface area contributed by atoms with E-state index in [1.807, 2.05) is 0 Å². The van der Waals surface area contributed by atoms with Gasteiger partial charge in [0.05, 0.1) is 36.2 Å². The number of anilines is 1. The molecule has 0 bridgehead atoms. The van der Waals surface area contributed by atoms with Crippen molar-refractivity contribution in [3.8, 4) is 0 Å². The Bertz CT molecular complexity index is 703. The third kappa shape index (κ3) is 5.49. The Morgan fingerprint density at radius 1 is 1.35 bits per heavy atom. The molecule has 7 nitrogen and oxygen atoms in total. The van der Waals surface area contributed by atoms with Crippen LogP contribution in [-0.4, -0.2) is 50.6 Å². The minimum atomic E-state index is -3.52. The fourth-order valence-electron chi connectivity index (χ4n) is 1.88. The fourth-order valence-corrected chi connectivity index (χ4v) is 3.16.